The SMILES string of the molecule is CCOc1ccc(/C(O)=C2/C(=O)C(=O)N(CCc3ccccc3)C2c2ccc(OCc3ccccc3)c(OC)c2)cc1. The molecule has 1 saturated heterocycles. The molecule has 4 aromatic carbocycles. The molecule has 1 aliphatic rings. The predicted molar refractivity (Wildman–Crippen MR) is 161 cm³/mol. The maximum atomic E-state index is 13.5. The Kier molecular flexibility index (Phi) is 8.87. The van der Waals surface area contributed by atoms with Crippen molar-refractivity contribution < 1.29 is 28.9 Å². The van der Waals surface area contributed by atoms with Crippen molar-refractivity contribution >= 4 is 17.4 Å². The number of rotatable bonds is 11. The molecule has 1 unspecified atom stereocenters. The van der Waals surface area contributed by atoms with Crippen molar-refractivity contribution in [1.82, 2.24) is 4.90 Å². The fourth-order valence-corrected chi connectivity index (χ4v) is 5.09. The third kappa shape index (κ3) is 6.15. The van der Waals surface area contributed by atoms with Crippen molar-refractivity contribution in [1.29, 1.82) is 0 Å². The Morgan fingerprint density at radius 2 is 1.48 bits per heavy atom. The minimum atomic E-state index is -0.822. The Balaban J connectivity index is 1.53. The number of carbonyl (C=O) groups excluding carboxylic acids is 2. The van der Waals surface area contributed by atoms with E-state index in [1.807, 2.05) is 67.6 Å². The zero-order valence-electron chi connectivity index (χ0n) is 23.7. The van der Waals surface area contributed by atoms with Gasteiger partial charge in [-0.15, -0.1) is 0 Å². The molecule has 214 valence electrons. The summed E-state index contributed by atoms with van der Waals surface area (Å²) in [5.41, 5.74) is 3.11. The third-order valence-electron chi connectivity index (χ3n) is 7.20. The quantitative estimate of drug-likeness (QED) is 0.130. The van der Waals surface area contributed by atoms with E-state index >= 15 is 0 Å². The molecular formula is C35H33NO6. The number of amides is 1. The number of methoxy groups -OCH3 is 1. The number of aliphatic hydroxyl groups is 1. The number of aliphatic hydroxyl groups excluding tert-OH is 1. The van der Waals surface area contributed by atoms with Gasteiger partial charge in [0.15, 0.2) is 11.5 Å². The van der Waals surface area contributed by atoms with E-state index in [2.05, 4.69) is 0 Å². The molecule has 0 radical (unpaired) electrons. The van der Waals surface area contributed by atoms with Crippen LogP contribution >= 0.6 is 0 Å². The Morgan fingerprint density at radius 1 is 0.810 bits per heavy atom. The number of hydrogen-bond donors (Lipinski definition) is 1. The highest BCUT2D eigenvalue weighted by Crippen LogP contribution is 2.42. The lowest BCUT2D eigenvalue weighted by molar-refractivity contribution is -0.139. The summed E-state index contributed by atoms with van der Waals surface area (Å²) in [4.78, 5) is 28.4. The summed E-state index contributed by atoms with van der Waals surface area (Å²) in [6.07, 6.45) is 0.545. The van der Waals surface area contributed by atoms with E-state index in [-0.39, 0.29) is 17.9 Å². The van der Waals surface area contributed by atoms with E-state index in [0.29, 0.717) is 48.0 Å². The van der Waals surface area contributed by atoms with Gasteiger partial charge in [-0.3, -0.25) is 9.59 Å². The Morgan fingerprint density at radius 3 is 2.12 bits per heavy atom. The van der Waals surface area contributed by atoms with Gasteiger partial charge in [0.25, 0.3) is 11.7 Å². The first-order valence-corrected chi connectivity index (χ1v) is 13.9. The Bertz CT molecular complexity index is 1560. The summed E-state index contributed by atoms with van der Waals surface area (Å²) < 4.78 is 17.2. The van der Waals surface area contributed by atoms with Crippen molar-refractivity contribution in [3.8, 4) is 17.2 Å². The second kappa shape index (κ2) is 13.1. The first-order valence-electron chi connectivity index (χ1n) is 13.9. The van der Waals surface area contributed by atoms with Gasteiger partial charge < -0.3 is 24.2 Å². The first kappa shape index (κ1) is 28.5. The molecule has 42 heavy (non-hydrogen) atoms. The molecule has 7 heteroatoms. The van der Waals surface area contributed by atoms with Crippen LogP contribution in [0.25, 0.3) is 5.76 Å². The number of benzene rings is 4. The summed E-state index contributed by atoms with van der Waals surface area (Å²) in [7, 11) is 1.54. The van der Waals surface area contributed by atoms with Crippen LogP contribution in [0.1, 0.15) is 35.2 Å². The second-order valence-electron chi connectivity index (χ2n) is 9.87. The third-order valence-corrected chi connectivity index (χ3v) is 7.20. The predicted octanol–water partition coefficient (Wildman–Crippen LogP) is 6.34. The zero-order valence-corrected chi connectivity index (χ0v) is 23.7. The van der Waals surface area contributed by atoms with E-state index in [0.717, 1.165) is 11.1 Å². The summed E-state index contributed by atoms with van der Waals surface area (Å²) in [6, 6.07) is 30.9. The largest absolute Gasteiger partial charge is 0.507 e. The molecule has 0 aromatic heterocycles. The van der Waals surface area contributed by atoms with Gasteiger partial charge in [0.2, 0.25) is 0 Å². The van der Waals surface area contributed by atoms with Crippen LogP contribution in [0.3, 0.4) is 0 Å². The average Bonchev–Trinajstić information content (AvgIpc) is 3.29. The normalized spacial score (nSPS) is 16.0. The maximum Gasteiger partial charge on any atom is 0.295 e. The van der Waals surface area contributed by atoms with Gasteiger partial charge in [-0.2, -0.15) is 0 Å². The topological polar surface area (TPSA) is 85.3 Å². The molecule has 1 aliphatic heterocycles. The molecule has 0 bridgehead atoms. The van der Waals surface area contributed by atoms with E-state index in [9.17, 15) is 14.7 Å². The molecule has 0 aliphatic carbocycles. The lowest BCUT2D eigenvalue weighted by Crippen LogP contribution is -2.31. The Labute approximate surface area is 245 Å². The molecule has 1 amide bonds. The summed E-state index contributed by atoms with van der Waals surface area (Å²) in [6.45, 7) is 3.03. The number of carbonyl (C=O) groups is 2. The van der Waals surface area contributed by atoms with E-state index < -0.39 is 17.7 Å². The molecule has 0 saturated carbocycles. The number of Topliss-reactive ketones (excluding diaryl/α,β-unsaturated/α-hetero) is 1. The molecule has 1 heterocycles. The fraction of sp³-hybridized carbons (Fsp3) is 0.200. The molecular weight excluding hydrogens is 530 g/mol. The molecule has 1 fully saturated rings. The van der Waals surface area contributed by atoms with Crippen LogP contribution < -0.4 is 14.2 Å². The van der Waals surface area contributed by atoms with Crippen LogP contribution in [-0.4, -0.2) is 42.0 Å². The van der Waals surface area contributed by atoms with Crippen LogP contribution in [0.15, 0.2) is 109 Å². The van der Waals surface area contributed by atoms with Crippen LogP contribution in [-0.2, 0) is 22.6 Å². The van der Waals surface area contributed by atoms with Gasteiger partial charge in [-0.1, -0.05) is 66.7 Å². The average molecular weight is 564 g/mol. The minimum absolute atomic E-state index is 0.0252. The second-order valence-corrected chi connectivity index (χ2v) is 9.87. The summed E-state index contributed by atoms with van der Waals surface area (Å²) in [5.74, 6) is -0.0117. The minimum Gasteiger partial charge on any atom is -0.507 e. The van der Waals surface area contributed by atoms with Crippen molar-refractivity contribution in [3.05, 3.63) is 131 Å². The van der Waals surface area contributed by atoms with Crippen LogP contribution in [0.2, 0.25) is 0 Å². The van der Waals surface area contributed by atoms with Crippen LogP contribution in [0.5, 0.6) is 17.2 Å². The summed E-state index contributed by atoms with van der Waals surface area (Å²) >= 11 is 0. The van der Waals surface area contributed by atoms with Gasteiger partial charge in [-0.05, 0) is 66.4 Å². The van der Waals surface area contributed by atoms with E-state index in [1.165, 1.54) is 4.90 Å². The standard InChI is InChI=1S/C35H33NO6/c1-3-41-28-17-14-26(15-18-28)33(37)31-32(36(35(39)34(31)38)21-20-24-10-6-4-7-11-24)27-16-19-29(30(22-27)40-2)42-23-25-12-8-5-9-13-25/h4-19,22,32,37H,3,20-21,23H2,1-2H3/b33-31-. The molecule has 1 N–H and O–H groups in total. The van der Waals surface area contributed by atoms with Gasteiger partial charge in [0.1, 0.15) is 18.1 Å². The Hall–Kier alpha value is -5.04. The number of ether oxygens (including phenoxy) is 3. The van der Waals surface area contributed by atoms with E-state index in [4.69, 9.17) is 14.2 Å². The van der Waals surface area contributed by atoms with Gasteiger partial charge >= 0.3 is 0 Å². The molecule has 4 aromatic rings. The van der Waals surface area contributed by atoms with Crippen molar-refractivity contribution in [2.75, 3.05) is 20.3 Å². The highest BCUT2D eigenvalue weighted by atomic mass is 16.5. The van der Waals surface area contributed by atoms with E-state index in [1.54, 1.807) is 49.6 Å². The molecule has 0 spiro atoms. The van der Waals surface area contributed by atoms with Crippen LogP contribution in [0, 0.1) is 0 Å². The lowest BCUT2D eigenvalue weighted by atomic mass is 9.94. The smallest absolute Gasteiger partial charge is 0.295 e. The molecule has 1 atom stereocenters. The van der Waals surface area contributed by atoms with Gasteiger partial charge in [-0.25, -0.2) is 0 Å². The summed E-state index contributed by atoms with van der Waals surface area (Å²) in [5, 5.41) is 11.4. The molecule has 7 nitrogen and oxygen atoms in total. The highest BCUT2D eigenvalue weighted by Gasteiger charge is 2.46. The highest BCUT2D eigenvalue weighted by molar-refractivity contribution is 6.46. The fourth-order valence-electron chi connectivity index (χ4n) is 5.09. The lowest BCUT2D eigenvalue weighted by Gasteiger charge is -2.26. The number of likely N-dealkylation sites (tertiary alicyclic amines) is 1. The zero-order chi connectivity index (χ0) is 29.5. The van der Waals surface area contributed by atoms with Crippen LogP contribution in [0.4, 0.5) is 0 Å². The van der Waals surface area contributed by atoms with Gasteiger partial charge in [0, 0.05) is 12.1 Å². The first-order chi connectivity index (χ1) is 20.5. The number of nitrogens with zero attached hydrogens (tertiary/aromatic N) is 1. The number of hydrogen-bond acceptors (Lipinski definition) is 6. The van der Waals surface area contributed by atoms with Crippen molar-refractivity contribution in [2.24, 2.45) is 0 Å². The monoisotopic (exact) mass is 563 g/mol. The number of ketones is 1. The van der Waals surface area contributed by atoms with Gasteiger partial charge in [0.05, 0.1) is 25.3 Å². The molecule has 5 rings (SSSR count). The van der Waals surface area contributed by atoms with Crippen molar-refractivity contribution in [3.63, 3.8) is 0 Å². The van der Waals surface area contributed by atoms with Crippen molar-refractivity contribution in [2.45, 2.75) is 26.0 Å². The maximum absolute atomic E-state index is 13.5.